The highest BCUT2D eigenvalue weighted by Gasteiger charge is 2.12. The van der Waals surface area contributed by atoms with Gasteiger partial charge in [0.25, 0.3) is 0 Å². The van der Waals surface area contributed by atoms with Crippen molar-refractivity contribution in [3.8, 4) is 10.8 Å². The van der Waals surface area contributed by atoms with E-state index in [9.17, 15) is 0 Å². The Kier molecular flexibility index (Phi) is 3.31. The first-order valence-corrected chi connectivity index (χ1v) is 6.45. The van der Waals surface area contributed by atoms with Crippen LogP contribution in [0.25, 0.3) is 10.8 Å². The lowest BCUT2D eigenvalue weighted by Gasteiger charge is -2.19. The van der Waals surface area contributed by atoms with E-state index in [2.05, 4.69) is 36.1 Å². The topological polar surface area (TPSA) is 42.7 Å². The fraction of sp³-hybridized carbons (Fsp3) is 0.500. The van der Waals surface area contributed by atoms with E-state index >= 15 is 0 Å². The van der Waals surface area contributed by atoms with Gasteiger partial charge in [-0.15, -0.1) is 11.3 Å². The molecule has 0 aliphatic carbocycles. The van der Waals surface area contributed by atoms with Crippen LogP contribution >= 0.6 is 11.3 Å². The molecule has 2 aromatic rings. The number of nitrogens with zero attached hydrogens (tertiary/aromatic N) is 3. The maximum absolute atomic E-state index is 4.42. The Balaban J connectivity index is 2.09. The number of hydrogen-bond acceptors (Lipinski definition) is 4. The monoisotopic (exact) mass is 250 g/mol. The van der Waals surface area contributed by atoms with Crippen LogP contribution in [0.4, 0.5) is 0 Å². The van der Waals surface area contributed by atoms with Crippen LogP contribution in [0.3, 0.4) is 0 Å². The molecule has 0 saturated carbocycles. The summed E-state index contributed by atoms with van der Waals surface area (Å²) in [4.78, 5) is 9.95. The predicted octanol–water partition coefficient (Wildman–Crippen LogP) is 2.43. The van der Waals surface area contributed by atoms with Crippen molar-refractivity contribution < 1.29 is 0 Å². The summed E-state index contributed by atoms with van der Waals surface area (Å²) in [5.41, 5.74) is 0.132. The minimum absolute atomic E-state index is 0.132. The molecule has 0 atom stereocenters. The van der Waals surface area contributed by atoms with Crippen LogP contribution < -0.4 is 5.32 Å². The summed E-state index contributed by atoms with van der Waals surface area (Å²) in [5.74, 6) is 0.928. The molecule has 0 aliphatic heterocycles. The van der Waals surface area contributed by atoms with Crippen LogP contribution in [0, 0.1) is 0 Å². The second-order valence-electron chi connectivity index (χ2n) is 5.10. The fourth-order valence-corrected chi connectivity index (χ4v) is 2.31. The summed E-state index contributed by atoms with van der Waals surface area (Å²) in [6.07, 6.45) is 5.65. The van der Waals surface area contributed by atoms with E-state index in [0.717, 1.165) is 17.4 Å². The first-order chi connectivity index (χ1) is 7.96. The molecule has 2 heterocycles. The van der Waals surface area contributed by atoms with Crippen molar-refractivity contribution in [3.05, 3.63) is 23.5 Å². The zero-order valence-electron chi connectivity index (χ0n) is 10.7. The van der Waals surface area contributed by atoms with Gasteiger partial charge in [0, 0.05) is 42.6 Å². The van der Waals surface area contributed by atoms with Gasteiger partial charge < -0.3 is 9.88 Å². The Morgan fingerprint density at radius 2 is 2.12 bits per heavy atom. The number of aromatic nitrogens is 3. The van der Waals surface area contributed by atoms with Gasteiger partial charge in [-0.25, -0.2) is 9.97 Å². The van der Waals surface area contributed by atoms with Gasteiger partial charge in [0.1, 0.15) is 0 Å². The summed E-state index contributed by atoms with van der Waals surface area (Å²) in [6.45, 7) is 7.33. The van der Waals surface area contributed by atoms with E-state index in [1.54, 1.807) is 17.5 Å². The van der Waals surface area contributed by atoms with E-state index in [0.29, 0.717) is 0 Å². The molecule has 4 nitrogen and oxygen atoms in total. The number of thiazole rings is 1. The minimum Gasteiger partial charge on any atom is -0.332 e. The molecule has 0 spiro atoms. The molecule has 0 aliphatic rings. The normalized spacial score (nSPS) is 12.0. The highest BCUT2D eigenvalue weighted by molar-refractivity contribution is 7.14. The Morgan fingerprint density at radius 3 is 2.71 bits per heavy atom. The third-order valence-electron chi connectivity index (χ3n) is 2.36. The molecular weight excluding hydrogens is 232 g/mol. The maximum Gasteiger partial charge on any atom is 0.168 e. The molecule has 2 aromatic heterocycles. The lowest BCUT2D eigenvalue weighted by molar-refractivity contribution is 0.426. The molecule has 0 amide bonds. The molecule has 2 rings (SSSR count). The summed E-state index contributed by atoms with van der Waals surface area (Å²) < 4.78 is 1.99. The Hall–Kier alpha value is -1.20. The zero-order chi connectivity index (χ0) is 12.5. The highest BCUT2D eigenvalue weighted by Crippen LogP contribution is 2.23. The molecule has 92 valence electrons. The molecule has 1 N–H and O–H groups in total. The van der Waals surface area contributed by atoms with Gasteiger partial charge in [0.05, 0.1) is 0 Å². The average Bonchev–Trinajstić information content (AvgIpc) is 2.81. The summed E-state index contributed by atoms with van der Waals surface area (Å²) in [5, 5.41) is 4.43. The largest absolute Gasteiger partial charge is 0.332 e. The Morgan fingerprint density at radius 1 is 1.35 bits per heavy atom. The molecule has 0 unspecified atom stereocenters. The van der Waals surface area contributed by atoms with Crippen molar-refractivity contribution in [1.82, 2.24) is 19.9 Å². The Labute approximate surface area is 106 Å². The van der Waals surface area contributed by atoms with Crippen molar-refractivity contribution in [2.24, 2.45) is 7.05 Å². The van der Waals surface area contributed by atoms with Crippen LogP contribution in [0.1, 0.15) is 25.6 Å². The molecule has 5 heteroatoms. The first-order valence-electron chi connectivity index (χ1n) is 5.63. The van der Waals surface area contributed by atoms with E-state index in [1.807, 2.05) is 24.0 Å². The van der Waals surface area contributed by atoms with Gasteiger partial charge >= 0.3 is 0 Å². The number of nitrogens with one attached hydrogen (secondary N) is 1. The van der Waals surface area contributed by atoms with Crippen molar-refractivity contribution in [3.63, 3.8) is 0 Å². The van der Waals surface area contributed by atoms with Gasteiger partial charge in [-0.1, -0.05) is 0 Å². The van der Waals surface area contributed by atoms with Gasteiger partial charge in [-0.05, 0) is 20.8 Å². The maximum atomic E-state index is 4.42. The highest BCUT2D eigenvalue weighted by atomic mass is 32.1. The molecule has 0 bridgehead atoms. The second-order valence-corrected chi connectivity index (χ2v) is 6.21. The van der Waals surface area contributed by atoms with E-state index in [1.165, 1.54) is 4.88 Å². The van der Waals surface area contributed by atoms with Crippen LogP contribution in [-0.2, 0) is 13.6 Å². The number of aryl methyl sites for hydroxylation is 1. The average molecular weight is 250 g/mol. The van der Waals surface area contributed by atoms with Gasteiger partial charge in [-0.3, -0.25) is 0 Å². The molecule has 17 heavy (non-hydrogen) atoms. The second kappa shape index (κ2) is 4.58. The smallest absolute Gasteiger partial charge is 0.168 e. The molecule has 0 fully saturated rings. The van der Waals surface area contributed by atoms with Gasteiger partial charge in [-0.2, -0.15) is 0 Å². The van der Waals surface area contributed by atoms with E-state index in [-0.39, 0.29) is 5.54 Å². The van der Waals surface area contributed by atoms with Crippen molar-refractivity contribution in [2.45, 2.75) is 32.9 Å². The van der Waals surface area contributed by atoms with Crippen LogP contribution in [0.15, 0.2) is 18.6 Å². The Bertz CT molecular complexity index is 493. The molecule has 0 saturated heterocycles. The van der Waals surface area contributed by atoms with Crippen LogP contribution in [0.5, 0.6) is 0 Å². The number of rotatable bonds is 3. The lowest BCUT2D eigenvalue weighted by Crippen LogP contribution is -2.34. The third-order valence-corrected chi connectivity index (χ3v) is 3.35. The van der Waals surface area contributed by atoms with Crippen molar-refractivity contribution in [1.29, 1.82) is 0 Å². The first kappa shape index (κ1) is 12.3. The van der Waals surface area contributed by atoms with Crippen LogP contribution in [0.2, 0.25) is 0 Å². The summed E-state index contributed by atoms with van der Waals surface area (Å²) in [6, 6.07) is 0. The molecular formula is C12H18N4S. The number of imidazole rings is 1. The summed E-state index contributed by atoms with van der Waals surface area (Å²) in [7, 11) is 1.98. The number of hydrogen-bond donors (Lipinski definition) is 1. The van der Waals surface area contributed by atoms with E-state index < -0.39 is 0 Å². The van der Waals surface area contributed by atoms with Gasteiger partial charge in [0.15, 0.2) is 10.8 Å². The lowest BCUT2D eigenvalue weighted by atomic mass is 10.1. The molecule has 0 radical (unpaired) electrons. The van der Waals surface area contributed by atoms with Gasteiger partial charge in [0.2, 0.25) is 0 Å². The van der Waals surface area contributed by atoms with E-state index in [4.69, 9.17) is 0 Å². The quantitative estimate of drug-likeness (QED) is 0.909. The molecule has 0 aromatic carbocycles. The fourth-order valence-electron chi connectivity index (χ4n) is 1.42. The predicted molar refractivity (Wildman–Crippen MR) is 70.9 cm³/mol. The summed E-state index contributed by atoms with van der Waals surface area (Å²) >= 11 is 1.69. The standard InChI is InChI=1S/C12H18N4S/c1-12(2,3)15-8-9-7-14-11(17-9)10-13-5-6-16(10)4/h5-7,15H,8H2,1-4H3. The third kappa shape index (κ3) is 3.14. The van der Waals surface area contributed by atoms with Crippen molar-refractivity contribution >= 4 is 11.3 Å². The minimum atomic E-state index is 0.132. The van der Waals surface area contributed by atoms with Crippen LogP contribution in [-0.4, -0.2) is 20.1 Å². The SMILES string of the molecule is Cn1ccnc1-c1ncc(CNC(C)(C)C)s1. The zero-order valence-corrected chi connectivity index (χ0v) is 11.5. The van der Waals surface area contributed by atoms with Crippen molar-refractivity contribution in [2.75, 3.05) is 0 Å².